The molecule has 1 fully saturated rings. The van der Waals surface area contributed by atoms with Gasteiger partial charge in [0.15, 0.2) is 0 Å². The van der Waals surface area contributed by atoms with E-state index < -0.39 is 0 Å². The number of aromatic nitrogens is 1. The summed E-state index contributed by atoms with van der Waals surface area (Å²) in [6.07, 6.45) is 7.31. The van der Waals surface area contributed by atoms with Crippen molar-refractivity contribution < 1.29 is 0 Å². The topological polar surface area (TPSA) is 38.9 Å². The Morgan fingerprint density at radius 1 is 1.33 bits per heavy atom. The quantitative estimate of drug-likeness (QED) is 0.793. The summed E-state index contributed by atoms with van der Waals surface area (Å²) in [5, 5.41) is 1.22. The van der Waals surface area contributed by atoms with E-state index in [9.17, 15) is 0 Å². The molecule has 3 rings (SSSR count). The Labute approximate surface area is 94.9 Å². The predicted molar refractivity (Wildman–Crippen MR) is 63.0 cm³/mol. The maximum Gasteiger partial charge on any atom is 0.113 e. The molecule has 0 saturated heterocycles. The van der Waals surface area contributed by atoms with Crippen molar-refractivity contribution in [1.82, 2.24) is 4.98 Å². The zero-order valence-electron chi connectivity index (χ0n) is 9.25. The minimum Gasteiger partial charge on any atom is -0.319 e. The van der Waals surface area contributed by atoms with Crippen molar-refractivity contribution in [3.8, 4) is 0 Å². The molecule has 2 N–H and O–H groups in total. The average Bonchev–Trinajstić information content (AvgIpc) is 2.59. The van der Waals surface area contributed by atoms with Crippen molar-refractivity contribution in [2.45, 2.75) is 51.0 Å². The lowest BCUT2D eigenvalue weighted by molar-refractivity contribution is 0.163. The molecule has 1 saturated carbocycles. The lowest BCUT2D eigenvalue weighted by Gasteiger charge is -2.41. The van der Waals surface area contributed by atoms with Crippen LogP contribution in [0.3, 0.4) is 0 Å². The van der Waals surface area contributed by atoms with E-state index in [1.54, 1.807) is 0 Å². The first kappa shape index (κ1) is 9.79. The molecule has 2 aliphatic carbocycles. The summed E-state index contributed by atoms with van der Waals surface area (Å²) in [6, 6.07) is 0. The number of aryl methyl sites for hydroxylation is 2. The summed E-state index contributed by atoms with van der Waals surface area (Å²) in [7, 11) is 0. The molecule has 2 aliphatic rings. The highest BCUT2D eigenvalue weighted by atomic mass is 32.1. The molecule has 0 radical (unpaired) electrons. The zero-order valence-corrected chi connectivity index (χ0v) is 10.1. The van der Waals surface area contributed by atoms with Crippen LogP contribution in [0.1, 0.15) is 48.2 Å². The highest BCUT2D eigenvalue weighted by Gasteiger charge is 2.42. The molecule has 0 amide bonds. The van der Waals surface area contributed by atoms with Gasteiger partial charge in [0.05, 0.1) is 11.2 Å². The van der Waals surface area contributed by atoms with Crippen LogP contribution in [-0.2, 0) is 18.4 Å². The number of nitrogens with two attached hydrogens (primary N) is 1. The second-order valence-corrected chi connectivity index (χ2v) is 6.35. The minimum absolute atomic E-state index is 0.0680. The van der Waals surface area contributed by atoms with Crippen LogP contribution in [0.4, 0.5) is 0 Å². The van der Waals surface area contributed by atoms with E-state index in [1.165, 1.54) is 41.3 Å². The highest BCUT2D eigenvalue weighted by Crippen LogP contribution is 2.45. The van der Waals surface area contributed by atoms with Crippen molar-refractivity contribution in [2.75, 3.05) is 0 Å². The highest BCUT2D eigenvalue weighted by molar-refractivity contribution is 7.11. The van der Waals surface area contributed by atoms with E-state index in [4.69, 9.17) is 10.7 Å². The SMILES string of the molecule is CC1CC(N)(c2nc3c(s2)CCCC3)C1. The normalized spacial score (nSPS) is 34.7. The van der Waals surface area contributed by atoms with Crippen LogP contribution in [0, 0.1) is 5.92 Å². The van der Waals surface area contributed by atoms with E-state index in [1.807, 2.05) is 11.3 Å². The summed E-state index contributed by atoms with van der Waals surface area (Å²) in [4.78, 5) is 6.29. The Morgan fingerprint density at radius 3 is 2.73 bits per heavy atom. The molecule has 1 heterocycles. The van der Waals surface area contributed by atoms with Gasteiger partial charge < -0.3 is 5.73 Å². The third-order valence-corrected chi connectivity index (χ3v) is 5.07. The summed E-state index contributed by atoms with van der Waals surface area (Å²) < 4.78 is 0. The summed E-state index contributed by atoms with van der Waals surface area (Å²) in [6.45, 7) is 2.28. The Morgan fingerprint density at radius 2 is 2.07 bits per heavy atom. The van der Waals surface area contributed by atoms with E-state index in [0.717, 1.165) is 18.8 Å². The fourth-order valence-electron chi connectivity index (χ4n) is 2.92. The fourth-order valence-corrected chi connectivity index (χ4v) is 4.19. The van der Waals surface area contributed by atoms with Gasteiger partial charge in [-0.1, -0.05) is 6.92 Å². The molecule has 0 aromatic carbocycles. The molecule has 0 bridgehead atoms. The van der Waals surface area contributed by atoms with Crippen LogP contribution < -0.4 is 5.73 Å². The van der Waals surface area contributed by atoms with Gasteiger partial charge in [0.2, 0.25) is 0 Å². The van der Waals surface area contributed by atoms with Crippen molar-refractivity contribution in [2.24, 2.45) is 11.7 Å². The Bertz CT molecular complexity index is 353. The van der Waals surface area contributed by atoms with Crippen molar-refractivity contribution >= 4 is 11.3 Å². The molecule has 2 nitrogen and oxygen atoms in total. The first-order chi connectivity index (χ1) is 7.17. The van der Waals surface area contributed by atoms with Gasteiger partial charge in [0.1, 0.15) is 5.01 Å². The maximum absolute atomic E-state index is 6.37. The lowest BCUT2D eigenvalue weighted by atomic mass is 9.70. The monoisotopic (exact) mass is 222 g/mol. The van der Waals surface area contributed by atoms with E-state index in [2.05, 4.69) is 6.92 Å². The number of hydrogen-bond acceptors (Lipinski definition) is 3. The second-order valence-electron chi connectivity index (χ2n) is 5.27. The Kier molecular flexibility index (Phi) is 2.15. The molecule has 0 spiro atoms. The molecule has 3 heteroatoms. The van der Waals surface area contributed by atoms with Crippen LogP contribution in [-0.4, -0.2) is 4.98 Å². The zero-order chi connectivity index (χ0) is 10.5. The molecular formula is C12H18N2S. The van der Waals surface area contributed by atoms with Crippen molar-refractivity contribution in [3.63, 3.8) is 0 Å². The predicted octanol–water partition coefficient (Wildman–Crippen LogP) is 2.61. The van der Waals surface area contributed by atoms with Gasteiger partial charge >= 0.3 is 0 Å². The molecule has 1 aromatic heterocycles. The smallest absolute Gasteiger partial charge is 0.113 e. The molecule has 1 aromatic rings. The molecule has 15 heavy (non-hydrogen) atoms. The first-order valence-corrected chi connectivity index (χ1v) is 6.77. The van der Waals surface area contributed by atoms with E-state index >= 15 is 0 Å². The molecule has 0 aliphatic heterocycles. The Hall–Kier alpha value is -0.410. The molecule has 82 valence electrons. The third kappa shape index (κ3) is 1.53. The molecule has 0 unspecified atom stereocenters. The standard InChI is InChI=1S/C12H18N2S/c1-8-6-12(13,7-8)11-14-9-4-2-3-5-10(9)15-11/h8H,2-7,13H2,1H3. The van der Waals surface area contributed by atoms with Crippen LogP contribution in [0.5, 0.6) is 0 Å². The molecular weight excluding hydrogens is 204 g/mol. The van der Waals surface area contributed by atoms with Gasteiger partial charge in [-0.25, -0.2) is 4.98 Å². The second kappa shape index (κ2) is 3.29. The van der Waals surface area contributed by atoms with Gasteiger partial charge in [0, 0.05) is 4.88 Å². The summed E-state index contributed by atoms with van der Waals surface area (Å²) >= 11 is 1.88. The number of thiazole rings is 1. The largest absolute Gasteiger partial charge is 0.319 e. The lowest BCUT2D eigenvalue weighted by Crippen LogP contribution is -2.47. The van der Waals surface area contributed by atoms with Gasteiger partial charge in [-0.3, -0.25) is 0 Å². The number of rotatable bonds is 1. The Balaban J connectivity index is 1.90. The maximum atomic E-state index is 6.37. The number of hydrogen-bond donors (Lipinski definition) is 1. The summed E-state index contributed by atoms with van der Waals surface area (Å²) in [5.74, 6) is 0.788. The van der Waals surface area contributed by atoms with E-state index in [0.29, 0.717) is 0 Å². The van der Waals surface area contributed by atoms with Crippen LogP contribution >= 0.6 is 11.3 Å². The van der Waals surface area contributed by atoms with Gasteiger partial charge in [-0.15, -0.1) is 11.3 Å². The molecule has 0 atom stereocenters. The average molecular weight is 222 g/mol. The van der Waals surface area contributed by atoms with Gasteiger partial charge in [-0.2, -0.15) is 0 Å². The van der Waals surface area contributed by atoms with Gasteiger partial charge in [-0.05, 0) is 44.4 Å². The van der Waals surface area contributed by atoms with E-state index in [-0.39, 0.29) is 5.54 Å². The number of fused-ring (bicyclic) bond motifs is 1. The fraction of sp³-hybridized carbons (Fsp3) is 0.750. The van der Waals surface area contributed by atoms with Crippen LogP contribution in [0.25, 0.3) is 0 Å². The summed E-state index contributed by atoms with van der Waals surface area (Å²) in [5.41, 5.74) is 7.66. The van der Waals surface area contributed by atoms with Crippen LogP contribution in [0.15, 0.2) is 0 Å². The van der Waals surface area contributed by atoms with Crippen molar-refractivity contribution in [1.29, 1.82) is 0 Å². The van der Waals surface area contributed by atoms with Crippen molar-refractivity contribution in [3.05, 3.63) is 15.6 Å². The first-order valence-electron chi connectivity index (χ1n) is 5.95. The van der Waals surface area contributed by atoms with Crippen LogP contribution in [0.2, 0.25) is 0 Å². The van der Waals surface area contributed by atoms with Gasteiger partial charge in [0.25, 0.3) is 0 Å². The minimum atomic E-state index is -0.0680. The number of nitrogens with zero attached hydrogens (tertiary/aromatic N) is 1. The third-order valence-electron chi connectivity index (χ3n) is 3.70.